The van der Waals surface area contributed by atoms with Crippen molar-refractivity contribution in [3.63, 3.8) is 0 Å². The number of nitrogens with zero attached hydrogens (tertiary/aromatic N) is 3. The minimum atomic E-state index is 0.221. The second kappa shape index (κ2) is 16.8. The van der Waals surface area contributed by atoms with Crippen LogP contribution in [0, 0.1) is 11.8 Å². The van der Waals surface area contributed by atoms with E-state index in [1.54, 1.807) is 5.56 Å². The highest BCUT2D eigenvalue weighted by Gasteiger charge is 2.58. The maximum atomic E-state index is 4.04. The summed E-state index contributed by atoms with van der Waals surface area (Å²) in [4.78, 5) is 4.87. The molecule has 0 amide bonds. The maximum absolute atomic E-state index is 4.04. The van der Waals surface area contributed by atoms with Crippen molar-refractivity contribution in [2.45, 2.75) is 88.4 Å². The standard InChI is InChI=1S/C66H61N3/c1-3-5-12-47-19-28-56(29-20-47)68(58-30-23-50-21-22-51(50)38-58)60-34-36-64-62(40-60)61-39-59(67(54-13-8-6-9-14-54)55-15-10-7-11-16-55)33-35-63(61)69(64)57-31-26-53(27-32-57)66-43-48-37-49(44-66)42-65(41-48,45-66)52-24-17-46(4-2)18-25-52/h4,6-11,13-20,23-36,38-40,48-49H,2-3,5,12,21-22,37,41-45H2,1H3. The van der Waals surface area contributed by atoms with E-state index < -0.39 is 0 Å². The third-order valence-electron chi connectivity index (χ3n) is 17.0. The number of hydrogen-bond donors (Lipinski definition) is 0. The molecule has 69 heavy (non-hydrogen) atoms. The summed E-state index contributed by atoms with van der Waals surface area (Å²) in [6.07, 6.45) is 15.8. The number of benzene rings is 8. The second-order valence-electron chi connectivity index (χ2n) is 21.2. The van der Waals surface area contributed by atoms with E-state index in [0.717, 1.165) is 41.7 Å². The Kier molecular flexibility index (Phi) is 10.3. The van der Waals surface area contributed by atoms with Crippen LogP contribution in [-0.2, 0) is 30.1 Å². The molecular formula is C66H61N3. The van der Waals surface area contributed by atoms with Gasteiger partial charge in [-0.25, -0.2) is 0 Å². The lowest BCUT2D eigenvalue weighted by Crippen LogP contribution is -2.55. The van der Waals surface area contributed by atoms with Crippen molar-refractivity contribution in [1.82, 2.24) is 4.57 Å². The van der Waals surface area contributed by atoms with Crippen LogP contribution in [0.1, 0.15) is 91.7 Å². The fourth-order valence-corrected chi connectivity index (χ4v) is 14.0. The average Bonchev–Trinajstić information content (AvgIpc) is 3.70. The first kappa shape index (κ1) is 42.0. The SMILES string of the molecule is C=Cc1ccc(C23CC4CC(C2)CC(c2ccc(-n5c6ccc(N(c7ccccc7)c7ccccc7)cc6c6cc(N(c7ccc(CCCC)cc7)c7ccc8c(c7)CC8)ccc65)cc2)(C4)C3)cc1. The molecule has 1 heterocycles. The first-order chi connectivity index (χ1) is 34.0. The lowest BCUT2D eigenvalue weighted by atomic mass is 9.42. The Labute approximate surface area is 408 Å². The van der Waals surface area contributed by atoms with Crippen LogP contribution in [0.4, 0.5) is 34.1 Å². The van der Waals surface area contributed by atoms with Crippen LogP contribution in [0.2, 0.25) is 0 Å². The molecule has 9 aromatic rings. The smallest absolute Gasteiger partial charge is 0.0542 e. The van der Waals surface area contributed by atoms with Crippen molar-refractivity contribution in [3.8, 4) is 5.69 Å². The number of unbranched alkanes of at least 4 members (excludes halogenated alkanes) is 1. The molecule has 3 nitrogen and oxygen atoms in total. The number of para-hydroxylation sites is 2. The first-order valence-electron chi connectivity index (χ1n) is 25.8. The number of anilines is 6. The Balaban J connectivity index is 0.954. The van der Waals surface area contributed by atoms with Crippen LogP contribution in [0.25, 0.3) is 33.6 Å². The Bertz CT molecular complexity index is 3290. The summed E-state index contributed by atoms with van der Waals surface area (Å²) >= 11 is 0. The van der Waals surface area contributed by atoms with Crippen molar-refractivity contribution in [2.75, 3.05) is 9.80 Å². The third kappa shape index (κ3) is 7.23. The Morgan fingerprint density at radius 2 is 1.01 bits per heavy atom. The summed E-state index contributed by atoms with van der Waals surface area (Å²) in [5.74, 6) is 1.59. The fourth-order valence-electron chi connectivity index (χ4n) is 14.0. The van der Waals surface area contributed by atoms with Gasteiger partial charge in [-0.1, -0.05) is 117 Å². The lowest BCUT2D eigenvalue weighted by molar-refractivity contribution is -0.0281. The molecule has 14 rings (SSSR count). The Morgan fingerprint density at radius 1 is 0.522 bits per heavy atom. The molecule has 2 atom stereocenters. The lowest BCUT2D eigenvalue weighted by Gasteiger charge is -2.63. The van der Waals surface area contributed by atoms with Gasteiger partial charge in [-0.3, -0.25) is 0 Å². The minimum absolute atomic E-state index is 0.221. The first-order valence-corrected chi connectivity index (χ1v) is 25.8. The maximum Gasteiger partial charge on any atom is 0.0542 e. The van der Waals surface area contributed by atoms with Gasteiger partial charge in [0.05, 0.1) is 11.0 Å². The van der Waals surface area contributed by atoms with E-state index in [1.807, 2.05) is 6.08 Å². The van der Waals surface area contributed by atoms with Gasteiger partial charge in [0.15, 0.2) is 0 Å². The molecule has 4 saturated carbocycles. The molecule has 0 saturated heterocycles. The number of aryl methyl sites for hydroxylation is 3. The molecule has 8 aromatic carbocycles. The van der Waals surface area contributed by atoms with Crippen molar-refractivity contribution in [2.24, 2.45) is 11.8 Å². The van der Waals surface area contributed by atoms with Gasteiger partial charge in [-0.15, -0.1) is 0 Å². The van der Waals surface area contributed by atoms with E-state index in [4.69, 9.17) is 0 Å². The number of rotatable bonds is 13. The second-order valence-corrected chi connectivity index (χ2v) is 21.2. The van der Waals surface area contributed by atoms with Crippen LogP contribution in [0.5, 0.6) is 0 Å². The Morgan fingerprint density at radius 3 is 1.54 bits per heavy atom. The van der Waals surface area contributed by atoms with Crippen LogP contribution < -0.4 is 9.80 Å². The van der Waals surface area contributed by atoms with Crippen molar-refractivity contribution >= 4 is 62.0 Å². The van der Waals surface area contributed by atoms with E-state index >= 15 is 0 Å². The van der Waals surface area contributed by atoms with Gasteiger partial charge >= 0.3 is 0 Å². The number of hydrogen-bond acceptors (Lipinski definition) is 2. The van der Waals surface area contributed by atoms with E-state index in [2.05, 4.69) is 216 Å². The third-order valence-corrected chi connectivity index (χ3v) is 17.0. The molecule has 0 aliphatic heterocycles. The molecule has 0 N–H and O–H groups in total. The van der Waals surface area contributed by atoms with E-state index in [-0.39, 0.29) is 10.8 Å². The number of fused-ring (bicyclic) bond motifs is 4. The van der Waals surface area contributed by atoms with Gasteiger partial charge in [0.2, 0.25) is 0 Å². The van der Waals surface area contributed by atoms with Gasteiger partial charge in [0.1, 0.15) is 0 Å². The molecule has 0 spiro atoms. The fraction of sp³-hybridized carbons (Fsp3) is 0.242. The van der Waals surface area contributed by atoms with Crippen LogP contribution in [0.15, 0.2) is 195 Å². The number of aromatic nitrogens is 1. The van der Waals surface area contributed by atoms with Gasteiger partial charge < -0.3 is 14.4 Å². The predicted molar refractivity (Wildman–Crippen MR) is 291 cm³/mol. The zero-order chi connectivity index (χ0) is 46.1. The van der Waals surface area contributed by atoms with E-state index in [1.165, 1.54) is 130 Å². The zero-order valence-electron chi connectivity index (χ0n) is 40.0. The largest absolute Gasteiger partial charge is 0.310 e. The topological polar surface area (TPSA) is 11.4 Å². The molecular weight excluding hydrogens is 835 g/mol. The summed E-state index contributed by atoms with van der Waals surface area (Å²) in [5.41, 5.74) is 19.8. The van der Waals surface area contributed by atoms with Gasteiger partial charge in [0, 0.05) is 50.6 Å². The van der Waals surface area contributed by atoms with Gasteiger partial charge in [-0.2, -0.15) is 0 Å². The van der Waals surface area contributed by atoms with E-state index in [9.17, 15) is 0 Å². The van der Waals surface area contributed by atoms with Crippen molar-refractivity contribution in [1.29, 1.82) is 0 Å². The summed E-state index contributed by atoms with van der Waals surface area (Å²) in [7, 11) is 0. The molecule has 5 aliphatic carbocycles. The summed E-state index contributed by atoms with van der Waals surface area (Å²) in [6, 6.07) is 71.7. The summed E-state index contributed by atoms with van der Waals surface area (Å²) in [6.45, 7) is 6.31. The highest BCUT2D eigenvalue weighted by Crippen LogP contribution is 2.66. The normalized spacial score (nSPS) is 21.0. The van der Waals surface area contributed by atoms with Gasteiger partial charge in [0.25, 0.3) is 0 Å². The van der Waals surface area contributed by atoms with Crippen LogP contribution in [-0.4, -0.2) is 4.57 Å². The molecule has 3 heteroatoms. The Hall–Kier alpha value is -7.10. The highest BCUT2D eigenvalue weighted by molar-refractivity contribution is 6.12. The summed E-state index contributed by atoms with van der Waals surface area (Å²) in [5, 5.41) is 2.48. The van der Waals surface area contributed by atoms with Crippen molar-refractivity contribution < 1.29 is 0 Å². The molecule has 5 aliphatic rings. The highest BCUT2D eigenvalue weighted by atomic mass is 15.1. The molecule has 340 valence electrons. The quantitative estimate of drug-likeness (QED) is 0.114. The zero-order valence-corrected chi connectivity index (χ0v) is 40.0. The molecule has 0 radical (unpaired) electrons. The van der Waals surface area contributed by atoms with Gasteiger partial charge in [-0.05, 0) is 217 Å². The molecule has 1 aromatic heterocycles. The monoisotopic (exact) mass is 895 g/mol. The molecule has 4 fully saturated rings. The predicted octanol–water partition coefficient (Wildman–Crippen LogP) is 17.6. The molecule has 2 unspecified atom stereocenters. The molecule has 4 bridgehead atoms. The van der Waals surface area contributed by atoms with Crippen LogP contribution >= 0.6 is 0 Å². The van der Waals surface area contributed by atoms with Crippen LogP contribution in [0.3, 0.4) is 0 Å². The van der Waals surface area contributed by atoms with E-state index in [0.29, 0.717) is 0 Å². The summed E-state index contributed by atoms with van der Waals surface area (Å²) < 4.78 is 2.53. The van der Waals surface area contributed by atoms with Crippen molar-refractivity contribution in [3.05, 3.63) is 228 Å². The minimum Gasteiger partial charge on any atom is -0.310 e. The average molecular weight is 896 g/mol.